The van der Waals surface area contributed by atoms with E-state index in [1.807, 2.05) is 13.0 Å². The van der Waals surface area contributed by atoms with Gasteiger partial charge >= 0.3 is 6.09 Å². The Kier molecular flexibility index (Phi) is 4.90. The van der Waals surface area contributed by atoms with Gasteiger partial charge in [0, 0.05) is 24.4 Å². The molecule has 0 aliphatic carbocycles. The van der Waals surface area contributed by atoms with E-state index >= 15 is 0 Å². The Morgan fingerprint density at radius 1 is 1.43 bits per heavy atom. The Morgan fingerprint density at radius 3 is 2.71 bits per heavy atom. The van der Waals surface area contributed by atoms with Gasteiger partial charge in [-0.3, -0.25) is 4.68 Å². The van der Waals surface area contributed by atoms with Crippen LogP contribution in [0.2, 0.25) is 0 Å². The molecule has 0 bridgehead atoms. The lowest BCUT2D eigenvalue weighted by atomic mass is 9.92. The quantitative estimate of drug-likeness (QED) is 0.788. The molecule has 3 rings (SSSR count). The molecule has 7 nitrogen and oxygen atoms in total. The average Bonchev–Trinajstić information content (AvgIpc) is 2.83. The van der Waals surface area contributed by atoms with Crippen molar-refractivity contribution in [2.75, 3.05) is 0 Å². The van der Waals surface area contributed by atoms with Crippen LogP contribution in [0.1, 0.15) is 63.9 Å². The number of carbonyl (C=O) groups excluding carboxylic acids is 1. The number of nitriles is 1. The van der Waals surface area contributed by atoms with E-state index in [1.54, 1.807) is 20.8 Å². The van der Waals surface area contributed by atoms with Crippen molar-refractivity contribution >= 4 is 6.09 Å². The molecule has 2 atom stereocenters. The fourth-order valence-corrected chi connectivity index (χ4v) is 3.84. The largest absolute Gasteiger partial charge is 0.444 e. The summed E-state index contributed by atoms with van der Waals surface area (Å²) in [5.41, 5.74) is -1.69. The summed E-state index contributed by atoms with van der Waals surface area (Å²) < 4.78 is 36.5. The fraction of sp³-hybridized carbons (Fsp3) is 0.737. The highest BCUT2D eigenvalue weighted by Crippen LogP contribution is 2.43. The molecule has 1 aromatic rings. The van der Waals surface area contributed by atoms with Crippen LogP contribution in [-0.2, 0) is 30.2 Å². The molecule has 3 heterocycles. The molecule has 9 heteroatoms. The number of carbonyl (C=O) groups is 1. The first-order valence-corrected chi connectivity index (χ1v) is 9.41. The van der Waals surface area contributed by atoms with Gasteiger partial charge in [0.1, 0.15) is 11.3 Å². The summed E-state index contributed by atoms with van der Waals surface area (Å²) >= 11 is 0. The molecule has 2 aliphatic rings. The molecule has 2 aliphatic heterocycles. The topological polar surface area (TPSA) is 91.4 Å². The van der Waals surface area contributed by atoms with Crippen LogP contribution in [0.3, 0.4) is 0 Å². The second-order valence-electron chi connectivity index (χ2n) is 8.86. The Balaban J connectivity index is 1.99. The normalized spacial score (nSPS) is 26.6. The summed E-state index contributed by atoms with van der Waals surface area (Å²) in [4.78, 5) is 14.0. The number of aromatic nitrogens is 2. The van der Waals surface area contributed by atoms with Gasteiger partial charge in [0.2, 0.25) is 0 Å². The first-order chi connectivity index (χ1) is 12.9. The number of hydrogen-bond acceptors (Lipinski definition) is 5. The predicted octanol–water partition coefficient (Wildman–Crippen LogP) is 3.10. The van der Waals surface area contributed by atoms with Gasteiger partial charge in [-0.1, -0.05) is 0 Å². The highest BCUT2D eigenvalue weighted by Gasteiger charge is 2.48. The van der Waals surface area contributed by atoms with Crippen LogP contribution in [0.15, 0.2) is 0 Å². The van der Waals surface area contributed by atoms with Crippen molar-refractivity contribution in [1.29, 1.82) is 5.26 Å². The summed E-state index contributed by atoms with van der Waals surface area (Å²) in [6, 6.07) is 1.61. The molecule has 1 N–H and O–H groups in total. The van der Waals surface area contributed by atoms with Crippen molar-refractivity contribution in [2.45, 2.75) is 89.6 Å². The van der Waals surface area contributed by atoms with Crippen LogP contribution in [0.25, 0.3) is 0 Å². The molecule has 1 aromatic heterocycles. The van der Waals surface area contributed by atoms with Gasteiger partial charge in [-0.05, 0) is 34.1 Å². The van der Waals surface area contributed by atoms with Gasteiger partial charge in [0.05, 0.1) is 36.9 Å². The fourth-order valence-electron chi connectivity index (χ4n) is 3.84. The Morgan fingerprint density at radius 2 is 2.11 bits per heavy atom. The number of alkyl halides is 2. The smallest absolute Gasteiger partial charge is 0.410 e. The van der Waals surface area contributed by atoms with Crippen LogP contribution in [0.5, 0.6) is 0 Å². The maximum Gasteiger partial charge on any atom is 0.410 e. The number of nitrogens with zero attached hydrogens (tertiary/aromatic N) is 4. The number of fused-ring (bicyclic) bond motifs is 3. The molecule has 0 saturated heterocycles. The lowest BCUT2D eigenvalue weighted by Crippen LogP contribution is -2.45. The lowest BCUT2D eigenvalue weighted by Gasteiger charge is -2.35. The Labute approximate surface area is 162 Å². The summed E-state index contributed by atoms with van der Waals surface area (Å²) in [5, 5.41) is 23.9. The van der Waals surface area contributed by atoms with Crippen LogP contribution in [0, 0.1) is 11.3 Å². The minimum Gasteiger partial charge on any atom is -0.444 e. The third-order valence-electron chi connectivity index (χ3n) is 5.21. The second-order valence-corrected chi connectivity index (χ2v) is 8.86. The Bertz CT molecular complexity index is 824. The Hall–Kier alpha value is -2.21. The van der Waals surface area contributed by atoms with Crippen LogP contribution >= 0.6 is 0 Å². The van der Waals surface area contributed by atoms with Gasteiger partial charge in [-0.2, -0.15) is 19.1 Å². The number of aliphatic hydroxyl groups is 1. The van der Waals surface area contributed by atoms with E-state index < -0.39 is 29.6 Å². The first-order valence-electron chi connectivity index (χ1n) is 9.41. The van der Waals surface area contributed by atoms with E-state index in [1.165, 1.54) is 4.90 Å². The minimum absolute atomic E-state index is 0.0208. The molecule has 0 spiro atoms. The van der Waals surface area contributed by atoms with Gasteiger partial charge in [-0.25, -0.2) is 4.79 Å². The molecule has 0 fully saturated rings. The lowest BCUT2D eigenvalue weighted by molar-refractivity contribution is -0.0399. The van der Waals surface area contributed by atoms with Crippen molar-refractivity contribution in [3.8, 4) is 6.07 Å². The number of hydrogen-bond donors (Lipinski definition) is 1. The van der Waals surface area contributed by atoms with E-state index in [-0.39, 0.29) is 37.7 Å². The van der Waals surface area contributed by atoms with E-state index in [2.05, 4.69) is 5.10 Å². The van der Waals surface area contributed by atoms with Crippen LogP contribution in [-0.4, -0.2) is 43.1 Å². The van der Waals surface area contributed by atoms with E-state index in [0.717, 1.165) is 4.68 Å². The molecule has 0 radical (unpaired) electrons. The summed E-state index contributed by atoms with van der Waals surface area (Å²) in [6.07, 6.45) is -1.25. The zero-order valence-electron chi connectivity index (χ0n) is 16.6. The summed E-state index contributed by atoms with van der Waals surface area (Å²) in [5.74, 6) is -3.21. The molecule has 0 aromatic carbocycles. The number of ether oxygens (including phenoxy) is 1. The number of rotatable bonds is 1. The third-order valence-corrected chi connectivity index (χ3v) is 5.21. The second kappa shape index (κ2) is 6.69. The van der Waals surface area contributed by atoms with Crippen LogP contribution < -0.4 is 0 Å². The predicted molar refractivity (Wildman–Crippen MR) is 95.5 cm³/mol. The maximum absolute atomic E-state index is 15.0. The standard InChI is InChI=1S/C19H26F2N4O3/c1-12-9-14-13(10-24(12)16(26)28-17(2,3)4)15-19(20,21)6-5-18(27,7-8-22)11-25(15)23-14/h12,27H,5-7,9-11H2,1-4H3/t12-,18-/m1/s1. The molecular formula is C19H26F2N4O3. The van der Waals surface area contributed by atoms with Gasteiger partial charge in [0.25, 0.3) is 5.92 Å². The molecular weight excluding hydrogens is 370 g/mol. The number of amides is 1. The van der Waals surface area contributed by atoms with Crippen LogP contribution in [0.4, 0.5) is 13.6 Å². The SMILES string of the molecule is C[C@@H]1Cc2nn3c(c2CN1C(=O)OC(C)(C)C)C(F)(F)CC[C@@](O)(CC#N)C3. The minimum atomic E-state index is -3.21. The van der Waals surface area contributed by atoms with Crippen molar-refractivity contribution < 1.29 is 23.4 Å². The summed E-state index contributed by atoms with van der Waals surface area (Å²) in [6.45, 7) is 6.89. The first kappa shape index (κ1) is 20.5. The van der Waals surface area contributed by atoms with Crippen molar-refractivity contribution in [3.63, 3.8) is 0 Å². The van der Waals surface area contributed by atoms with Gasteiger partial charge < -0.3 is 14.7 Å². The van der Waals surface area contributed by atoms with Gasteiger partial charge in [-0.15, -0.1) is 0 Å². The molecule has 28 heavy (non-hydrogen) atoms. The third kappa shape index (κ3) is 3.83. The monoisotopic (exact) mass is 396 g/mol. The van der Waals surface area contributed by atoms with Gasteiger partial charge in [0.15, 0.2) is 0 Å². The summed E-state index contributed by atoms with van der Waals surface area (Å²) in [7, 11) is 0. The highest BCUT2D eigenvalue weighted by molar-refractivity contribution is 5.69. The molecule has 154 valence electrons. The van der Waals surface area contributed by atoms with Crippen molar-refractivity contribution in [3.05, 3.63) is 17.0 Å². The average molecular weight is 396 g/mol. The van der Waals surface area contributed by atoms with E-state index in [9.17, 15) is 18.7 Å². The zero-order valence-corrected chi connectivity index (χ0v) is 16.6. The number of halogens is 2. The highest BCUT2D eigenvalue weighted by atomic mass is 19.3. The van der Waals surface area contributed by atoms with E-state index in [0.29, 0.717) is 17.7 Å². The molecule has 0 unspecified atom stereocenters. The van der Waals surface area contributed by atoms with Crippen molar-refractivity contribution in [2.24, 2.45) is 0 Å². The molecule has 0 saturated carbocycles. The maximum atomic E-state index is 15.0. The molecule has 1 amide bonds. The van der Waals surface area contributed by atoms with E-state index in [4.69, 9.17) is 10.00 Å². The van der Waals surface area contributed by atoms with Crippen molar-refractivity contribution in [1.82, 2.24) is 14.7 Å². The zero-order chi connectivity index (χ0) is 20.9.